The number of aromatic nitrogens is 3. The van der Waals surface area contributed by atoms with Crippen molar-refractivity contribution in [1.29, 1.82) is 0 Å². The number of ether oxygens (including phenoxy) is 1. The molecule has 0 aliphatic carbocycles. The van der Waals surface area contributed by atoms with Gasteiger partial charge in [0, 0.05) is 12.7 Å². The number of hydrogen-bond donors (Lipinski definition) is 1. The van der Waals surface area contributed by atoms with Gasteiger partial charge in [-0.2, -0.15) is 0 Å². The SMILES string of the molecule is NCc1cn(CCOCC=Cc2ccccc2)nn1. The molecule has 0 saturated heterocycles. The largest absolute Gasteiger partial charge is 0.375 e. The van der Waals surface area contributed by atoms with Gasteiger partial charge in [-0.1, -0.05) is 47.7 Å². The van der Waals surface area contributed by atoms with E-state index in [1.807, 2.05) is 36.5 Å². The Morgan fingerprint density at radius 2 is 2.11 bits per heavy atom. The first-order valence-corrected chi connectivity index (χ1v) is 6.27. The van der Waals surface area contributed by atoms with E-state index in [1.165, 1.54) is 5.56 Å². The standard InChI is InChI=1S/C14H18N4O/c15-11-14-12-18(17-16-14)8-10-19-9-4-7-13-5-2-1-3-6-13/h1-7,12H,8-11,15H2. The van der Waals surface area contributed by atoms with Gasteiger partial charge in [0.25, 0.3) is 0 Å². The summed E-state index contributed by atoms with van der Waals surface area (Å²) in [5.41, 5.74) is 7.43. The zero-order chi connectivity index (χ0) is 13.3. The third-order valence-electron chi connectivity index (χ3n) is 2.58. The Morgan fingerprint density at radius 3 is 2.84 bits per heavy atom. The minimum atomic E-state index is 0.417. The van der Waals surface area contributed by atoms with Crippen LogP contribution < -0.4 is 5.73 Å². The van der Waals surface area contributed by atoms with Crippen LogP contribution in [0.1, 0.15) is 11.3 Å². The van der Waals surface area contributed by atoms with E-state index in [-0.39, 0.29) is 0 Å². The summed E-state index contributed by atoms with van der Waals surface area (Å²) in [4.78, 5) is 0. The van der Waals surface area contributed by atoms with Gasteiger partial charge >= 0.3 is 0 Å². The van der Waals surface area contributed by atoms with Crippen molar-refractivity contribution in [3.05, 3.63) is 53.9 Å². The molecule has 0 spiro atoms. The molecule has 19 heavy (non-hydrogen) atoms. The van der Waals surface area contributed by atoms with Crippen LogP contribution >= 0.6 is 0 Å². The summed E-state index contributed by atoms with van der Waals surface area (Å²) >= 11 is 0. The molecular formula is C14H18N4O. The zero-order valence-corrected chi connectivity index (χ0v) is 10.8. The van der Waals surface area contributed by atoms with Crippen molar-refractivity contribution < 1.29 is 4.74 Å². The Balaban J connectivity index is 1.63. The summed E-state index contributed by atoms with van der Waals surface area (Å²) in [5.74, 6) is 0. The van der Waals surface area contributed by atoms with Gasteiger partial charge in [0.15, 0.2) is 0 Å². The Kier molecular flexibility index (Phi) is 5.28. The molecular weight excluding hydrogens is 240 g/mol. The van der Waals surface area contributed by atoms with E-state index in [2.05, 4.69) is 22.4 Å². The van der Waals surface area contributed by atoms with Gasteiger partial charge in [-0.3, -0.25) is 0 Å². The highest BCUT2D eigenvalue weighted by atomic mass is 16.5. The first-order valence-electron chi connectivity index (χ1n) is 6.27. The van der Waals surface area contributed by atoms with Crippen LogP contribution in [0.3, 0.4) is 0 Å². The fraction of sp³-hybridized carbons (Fsp3) is 0.286. The van der Waals surface area contributed by atoms with Crippen LogP contribution in [0.15, 0.2) is 42.6 Å². The summed E-state index contributed by atoms with van der Waals surface area (Å²) in [5, 5.41) is 7.85. The molecule has 0 saturated carbocycles. The smallest absolute Gasteiger partial charge is 0.0962 e. The molecule has 2 rings (SSSR count). The second kappa shape index (κ2) is 7.45. The normalized spacial score (nSPS) is 11.2. The van der Waals surface area contributed by atoms with Crippen LogP contribution in [0.5, 0.6) is 0 Å². The van der Waals surface area contributed by atoms with Gasteiger partial charge < -0.3 is 10.5 Å². The summed E-state index contributed by atoms with van der Waals surface area (Å²) in [6, 6.07) is 10.1. The molecule has 0 atom stereocenters. The van der Waals surface area contributed by atoms with Gasteiger partial charge in [0.05, 0.1) is 25.5 Å². The van der Waals surface area contributed by atoms with Gasteiger partial charge in [-0.15, -0.1) is 5.10 Å². The van der Waals surface area contributed by atoms with E-state index in [0.717, 1.165) is 5.69 Å². The van der Waals surface area contributed by atoms with Gasteiger partial charge in [-0.05, 0) is 5.56 Å². The molecule has 0 aliphatic heterocycles. The number of benzene rings is 1. The Bertz CT molecular complexity index is 507. The predicted molar refractivity (Wildman–Crippen MR) is 74.2 cm³/mol. The predicted octanol–water partition coefficient (Wildman–Crippen LogP) is 1.47. The lowest BCUT2D eigenvalue weighted by Crippen LogP contribution is -2.06. The first-order chi connectivity index (χ1) is 9.38. The minimum absolute atomic E-state index is 0.417. The summed E-state index contributed by atoms with van der Waals surface area (Å²) in [7, 11) is 0. The number of hydrogen-bond acceptors (Lipinski definition) is 4. The van der Waals surface area contributed by atoms with Crippen molar-refractivity contribution in [3.8, 4) is 0 Å². The van der Waals surface area contributed by atoms with Crippen molar-refractivity contribution >= 4 is 6.08 Å². The third-order valence-corrected chi connectivity index (χ3v) is 2.58. The topological polar surface area (TPSA) is 66.0 Å². The fourth-order valence-electron chi connectivity index (χ4n) is 1.60. The molecule has 5 nitrogen and oxygen atoms in total. The van der Waals surface area contributed by atoms with E-state index in [1.54, 1.807) is 4.68 Å². The van der Waals surface area contributed by atoms with Crippen LogP contribution in [-0.2, 0) is 17.8 Å². The number of nitrogens with zero attached hydrogens (tertiary/aromatic N) is 3. The molecule has 0 amide bonds. The lowest BCUT2D eigenvalue weighted by Gasteiger charge is -2.00. The molecule has 0 unspecified atom stereocenters. The van der Waals surface area contributed by atoms with E-state index in [0.29, 0.717) is 26.3 Å². The molecule has 100 valence electrons. The molecule has 1 heterocycles. The van der Waals surface area contributed by atoms with Crippen LogP contribution in [0.4, 0.5) is 0 Å². The average molecular weight is 258 g/mol. The maximum absolute atomic E-state index is 5.50. The van der Waals surface area contributed by atoms with E-state index in [4.69, 9.17) is 10.5 Å². The second-order valence-electron chi connectivity index (χ2n) is 4.07. The highest BCUT2D eigenvalue weighted by Gasteiger charge is 1.97. The van der Waals surface area contributed by atoms with Gasteiger partial charge in [0.1, 0.15) is 0 Å². The summed E-state index contributed by atoms with van der Waals surface area (Å²) in [6.07, 6.45) is 5.88. The lowest BCUT2D eigenvalue weighted by molar-refractivity contribution is 0.150. The molecule has 0 fully saturated rings. The molecule has 5 heteroatoms. The maximum atomic E-state index is 5.50. The van der Waals surface area contributed by atoms with Crippen molar-refractivity contribution in [2.24, 2.45) is 5.73 Å². The summed E-state index contributed by atoms with van der Waals surface area (Å²) in [6.45, 7) is 2.30. The maximum Gasteiger partial charge on any atom is 0.0962 e. The van der Waals surface area contributed by atoms with Crippen LogP contribution in [-0.4, -0.2) is 28.2 Å². The first kappa shape index (κ1) is 13.5. The van der Waals surface area contributed by atoms with Crippen molar-refractivity contribution in [2.45, 2.75) is 13.1 Å². The van der Waals surface area contributed by atoms with Gasteiger partial charge in [0.2, 0.25) is 0 Å². The fourth-order valence-corrected chi connectivity index (χ4v) is 1.60. The number of rotatable bonds is 7. The van der Waals surface area contributed by atoms with Crippen LogP contribution in [0, 0.1) is 0 Å². The molecule has 2 N–H and O–H groups in total. The highest BCUT2D eigenvalue weighted by molar-refractivity contribution is 5.48. The zero-order valence-electron chi connectivity index (χ0n) is 10.8. The molecule has 0 radical (unpaired) electrons. The monoisotopic (exact) mass is 258 g/mol. The highest BCUT2D eigenvalue weighted by Crippen LogP contribution is 2.00. The van der Waals surface area contributed by atoms with Crippen molar-refractivity contribution in [3.63, 3.8) is 0 Å². The van der Waals surface area contributed by atoms with Crippen LogP contribution in [0.2, 0.25) is 0 Å². The van der Waals surface area contributed by atoms with E-state index < -0.39 is 0 Å². The molecule has 0 aliphatic rings. The second-order valence-corrected chi connectivity index (χ2v) is 4.07. The van der Waals surface area contributed by atoms with Crippen molar-refractivity contribution in [2.75, 3.05) is 13.2 Å². The van der Waals surface area contributed by atoms with E-state index in [9.17, 15) is 0 Å². The van der Waals surface area contributed by atoms with Crippen LogP contribution in [0.25, 0.3) is 6.08 Å². The third kappa shape index (κ3) is 4.65. The Labute approximate surface area is 112 Å². The van der Waals surface area contributed by atoms with E-state index >= 15 is 0 Å². The molecule has 0 bridgehead atoms. The minimum Gasteiger partial charge on any atom is -0.375 e. The Hall–Kier alpha value is -1.98. The van der Waals surface area contributed by atoms with Gasteiger partial charge in [-0.25, -0.2) is 4.68 Å². The summed E-state index contributed by atoms with van der Waals surface area (Å²) < 4.78 is 7.23. The Morgan fingerprint density at radius 1 is 1.26 bits per heavy atom. The molecule has 1 aromatic carbocycles. The molecule has 2 aromatic rings. The average Bonchev–Trinajstić information content (AvgIpc) is 2.92. The lowest BCUT2D eigenvalue weighted by atomic mass is 10.2. The quantitative estimate of drug-likeness (QED) is 0.764. The number of nitrogens with two attached hydrogens (primary N) is 1. The molecule has 1 aromatic heterocycles. The van der Waals surface area contributed by atoms with Crippen molar-refractivity contribution in [1.82, 2.24) is 15.0 Å².